The number of hydrogen-bond acceptors (Lipinski definition) is 6. The minimum absolute atomic E-state index is 0.0645. The van der Waals surface area contributed by atoms with Crippen LogP contribution in [0.4, 0.5) is 0 Å². The van der Waals surface area contributed by atoms with Gasteiger partial charge >= 0.3 is 0 Å². The Morgan fingerprint density at radius 1 is 1.33 bits per heavy atom. The van der Waals surface area contributed by atoms with E-state index in [-0.39, 0.29) is 5.91 Å². The van der Waals surface area contributed by atoms with Gasteiger partial charge < -0.3 is 14.7 Å². The van der Waals surface area contributed by atoms with Crippen LogP contribution in [0.25, 0.3) is 11.4 Å². The summed E-state index contributed by atoms with van der Waals surface area (Å²) in [4.78, 5) is 27.7. The summed E-state index contributed by atoms with van der Waals surface area (Å²) >= 11 is 0. The normalized spacial score (nSPS) is 22.0. The van der Waals surface area contributed by atoms with Gasteiger partial charge in [0, 0.05) is 43.9 Å². The van der Waals surface area contributed by atoms with Crippen LogP contribution < -0.4 is 0 Å². The van der Waals surface area contributed by atoms with E-state index < -0.39 is 11.7 Å². The number of amides is 1. The molecule has 4 rings (SSSR count). The van der Waals surface area contributed by atoms with E-state index in [0.717, 1.165) is 18.4 Å². The highest BCUT2D eigenvalue weighted by molar-refractivity contribution is 5.95. The molecule has 0 unspecified atom stereocenters. The number of aliphatic hydroxyl groups is 1. The first kappa shape index (κ1) is 18.0. The Balaban J connectivity index is 1.47. The standard InChI is InChI=1S/C20H24N4O3/c1-14-16(13-22-18(23-14)15-4-2-8-21-12-15)19(26)24-9-6-20(7-10-24)17(25)5-3-11-27-20/h2,4,8,12-13,17,25H,3,5-7,9-11H2,1H3/t17-/m0/s1. The number of aliphatic hydroxyl groups excluding tert-OH is 1. The van der Waals surface area contributed by atoms with Crippen molar-refractivity contribution in [2.45, 2.75) is 44.3 Å². The first-order valence-electron chi connectivity index (χ1n) is 9.44. The second-order valence-electron chi connectivity index (χ2n) is 7.30. The molecule has 0 aliphatic carbocycles. The molecule has 2 fully saturated rings. The minimum atomic E-state index is -0.481. The van der Waals surface area contributed by atoms with Crippen molar-refractivity contribution in [3.63, 3.8) is 0 Å². The number of hydrogen-bond donors (Lipinski definition) is 1. The maximum atomic E-state index is 13.0. The molecule has 1 atom stereocenters. The summed E-state index contributed by atoms with van der Waals surface area (Å²) < 4.78 is 5.92. The number of nitrogens with zero attached hydrogens (tertiary/aromatic N) is 4. The molecule has 4 heterocycles. The number of likely N-dealkylation sites (tertiary alicyclic amines) is 1. The second-order valence-corrected chi connectivity index (χ2v) is 7.30. The molecular formula is C20H24N4O3. The molecule has 7 heteroatoms. The van der Waals surface area contributed by atoms with E-state index in [0.29, 0.717) is 49.6 Å². The molecule has 1 N–H and O–H groups in total. The Kier molecular flexibility index (Phi) is 4.88. The van der Waals surface area contributed by atoms with Gasteiger partial charge in [0.25, 0.3) is 5.91 Å². The molecule has 1 spiro atoms. The quantitative estimate of drug-likeness (QED) is 0.872. The molecule has 2 aromatic rings. The lowest BCUT2D eigenvalue weighted by Crippen LogP contribution is -2.56. The molecule has 7 nitrogen and oxygen atoms in total. The van der Waals surface area contributed by atoms with Gasteiger partial charge in [0.15, 0.2) is 5.82 Å². The Bertz CT molecular complexity index is 819. The van der Waals surface area contributed by atoms with Gasteiger partial charge in [-0.05, 0) is 44.7 Å². The van der Waals surface area contributed by atoms with Crippen LogP contribution in [-0.2, 0) is 4.74 Å². The third kappa shape index (κ3) is 3.44. The van der Waals surface area contributed by atoms with E-state index in [1.54, 1.807) is 18.6 Å². The molecule has 0 saturated carbocycles. The number of aryl methyl sites for hydroxylation is 1. The van der Waals surface area contributed by atoms with Crippen LogP contribution in [0, 0.1) is 6.92 Å². The maximum absolute atomic E-state index is 13.0. The number of pyridine rings is 1. The highest BCUT2D eigenvalue weighted by Gasteiger charge is 2.44. The zero-order valence-electron chi connectivity index (χ0n) is 15.5. The van der Waals surface area contributed by atoms with Crippen LogP contribution in [-0.4, -0.2) is 62.3 Å². The number of carbonyl (C=O) groups is 1. The average molecular weight is 368 g/mol. The van der Waals surface area contributed by atoms with E-state index in [1.165, 1.54) is 0 Å². The van der Waals surface area contributed by atoms with Gasteiger partial charge in [-0.25, -0.2) is 9.97 Å². The first-order valence-corrected chi connectivity index (χ1v) is 9.44. The summed E-state index contributed by atoms with van der Waals surface area (Å²) in [6.45, 7) is 3.65. The number of piperidine rings is 1. The largest absolute Gasteiger partial charge is 0.390 e. The molecule has 0 radical (unpaired) electrons. The van der Waals surface area contributed by atoms with Crippen molar-refractivity contribution < 1.29 is 14.6 Å². The number of carbonyl (C=O) groups excluding carboxylic acids is 1. The lowest BCUT2D eigenvalue weighted by Gasteiger charge is -2.46. The molecule has 2 aliphatic heterocycles. The van der Waals surface area contributed by atoms with Gasteiger partial charge in [0.05, 0.1) is 23.0 Å². The Morgan fingerprint density at radius 3 is 2.81 bits per heavy atom. The third-order valence-electron chi connectivity index (χ3n) is 5.65. The predicted molar refractivity (Wildman–Crippen MR) is 99.1 cm³/mol. The molecule has 2 saturated heterocycles. The fraction of sp³-hybridized carbons (Fsp3) is 0.500. The fourth-order valence-electron chi connectivity index (χ4n) is 3.96. The Morgan fingerprint density at radius 2 is 2.15 bits per heavy atom. The van der Waals surface area contributed by atoms with Crippen molar-refractivity contribution >= 4 is 5.91 Å². The van der Waals surface area contributed by atoms with Crippen molar-refractivity contribution in [3.8, 4) is 11.4 Å². The van der Waals surface area contributed by atoms with E-state index in [1.807, 2.05) is 24.0 Å². The molecular weight excluding hydrogens is 344 g/mol. The van der Waals surface area contributed by atoms with Gasteiger partial charge in [-0.3, -0.25) is 9.78 Å². The highest BCUT2D eigenvalue weighted by Crippen LogP contribution is 2.35. The SMILES string of the molecule is Cc1nc(-c2cccnc2)ncc1C(=O)N1CCC2(CC1)OCCC[C@@H]2O. The van der Waals surface area contributed by atoms with E-state index in [2.05, 4.69) is 15.0 Å². The highest BCUT2D eigenvalue weighted by atomic mass is 16.5. The summed E-state index contributed by atoms with van der Waals surface area (Å²) in [5.74, 6) is 0.499. The third-order valence-corrected chi connectivity index (χ3v) is 5.65. The van der Waals surface area contributed by atoms with Crippen molar-refractivity contribution in [3.05, 3.63) is 42.0 Å². The van der Waals surface area contributed by atoms with Crippen molar-refractivity contribution in [1.29, 1.82) is 0 Å². The summed E-state index contributed by atoms with van der Waals surface area (Å²) in [6, 6.07) is 3.72. The molecule has 27 heavy (non-hydrogen) atoms. The predicted octanol–water partition coefficient (Wildman–Crippen LogP) is 1.99. The molecule has 2 aliphatic rings. The van der Waals surface area contributed by atoms with Crippen LogP contribution in [0.1, 0.15) is 41.7 Å². The first-order chi connectivity index (χ1) is 13.1. The lowest BCUT2D eigenvalue weighted by atomic mass is 9.82. The van der Waals surface area contributed by atoms with Gasteiger partial charge in [-0.2, -0.15) is 0 Å². The average Bonchev–Trinajstić information content (AvgIpc) is 2.71. The molecule has 142 valence electrons. The fourth-order valence-corrected chi connectivity index (χ4v) is 3.96. The minimum Gasteiger partial charge on any atom is -0.390 e. The van der Waals surface area contributed by atoms with Crippen molar-refractivity contribution in [1.82, 2.24) is 19.9 Å². The number of ether oxygens (including phenoxy) is 1. The monoisotopic (exact) mass is 368 g/mol. The van der Waals surface area contributed by atoms with Crippen LogP contribution >= 0.6 is 0 Å². The Hall–Kier alpha value is -2.38. The summed E-state index contributed by atoms with van der Waals surface area (Å²) in [7, 11) is 0. The zero-order chi connectivity index (χ0) is 18.9. The maximum Gasteiger partial charge on any atom is 0.257 e. The van der Waals surface area contributed by atoms with Crippen LogP contribution in [0.15, 0.2) is 30.7 Å². The molecule has 2 aromatic heterocycles. The van der Waals surface area contributed by atoms with Gasteiger partial charge in [-0.1, -0.05) is 0 Å². The number of rotatable bonds is 2. The van der Waals surface area contributed by atoms with E-state index in [4.69, 9.17) is 4.74 Å². The number of aromatic nitrogens is 3. The molecule has 1 amide bonds. The van der Waals surface area contributed by atoms with Gasteiger partial charge in [0.2, 0.25) is 0 Å². The van der Waals surface area contributed by atoms with Crippen molar-refractivity contribution in [2.24, 2.45) is 0 Å². The Labute approximate surface area is 158 Å². The molecule has 0 bridgehead atoms. The van der Waals surface area contributed by atoms with Gasteiger partial charge in [-0.15, -0.1) is 0 Å². The van der Waals surface area contributed by atoms with E-state index in [9.17, 15) is 9.90 Å². The summed E-state index contributed by atoms with van der Waals surface area (Å²) in [6.07, 6.45) is 7.56. The van der Waals surface area contributed by atoms with E-state index >= 15 is 0 Å². The summed E-state index contributed by atoms with van der Waals surface area (Å²) in [5, 5.41) is 10.4. The second kappa shape index (κ2) is 7.32. The zero-order valence-corrected chi connectivity index (χ0v) is 15.5. The molecule has 0 aromatic carbocycles. The topological polar surface area (TPSA) is 88.4 Å². The summed E-state index contributed by atoms with van der Waals surface area (Å²) in [5.41, 5.74) is 1.51. The van der Waals surface area contributed by atoms with Crippen molar-refractivity contribution in [2.75, 3.05) is 19.7 Å². The van der Waals surface area contributed by atoms with Gasteiger partial charge in [0.1, 0.15) is 0 Å². The lowest BCUT2D eigenvalue weighted by molar-refractivity contribution is -0.174. The smallest absolute Gasteiger partial charge is 0.257 e. The van der Waals surface area contributed by atoms with Crippen LogP contribution in [0.3, 0.4) is 0 Å². The van der Waals surface area contributed by atoms with Crippen LogP contribution in [0.5, 0.6) is 0 Å². The van der Waals surface area contributed by atoms with Crippen LogP contribution in [0.2, 0.25) is 0 Å².